The van der Waals surface area contributed by atoms with Gasteiger partial charge in [-0.1, -0.05) is 66.3 Å². The smallest absolute Gasteiger partial charge is 0.402 e. The third-order valence-electron chi connectivity index (χ3n) is 6.13. The lowest BCUT2D eigenvalue weighted by Gasteiger charge is -2.15. The molecule has 0 spiro atoms. The van der Waals surface area contributed by atoms with Crippen molar-refractivity contribution in [3.8, 4) is 11.6 Å². The van der Waals surface area contributed by atoms with Crippen molar-refractivity contribution in [3.05, 3.63) is 94.0 Å². The molecule has 12 heteroatoms. The van der Waals surface area contributed by atoms with Crippen LogP contribution >= 0.6 is 11.3 Å². The Morgan fingerprint density at radius 2 is 1.85 bits per heavy atom. The predicted octanol–water partition coefficient (Wildman–Crippen LogP) is 6.23. The molecule has 0 fully saturated rings. The molecule has 2 aromatic heterocycles. The van der Waals surface area contributed by atoms with Crippen molar-refractivity contribution < 1.29 is 22.3 Å². The van der Waals surface area contributed by atoms with E-state index in [1.165, 1.54) is 0 Å². The fourth-order valence-corrected chi connectivity index (χ4v) is 5.29. The lowest BCUT2D eigenvalue weighted by molar-refractivity contribution is -0.137. The molecular formula is C27H21F3N6O2S. The highest BCUT2D eigenvalue weighted by Gasteiger charge is 2.38. The van der Waals surface area contributed by atoms with E-state index in [4.69, 9.17) is 14.1 Å². The number of benzodiazepines with no additional fused rings is 1. The standard InChI is InChI=1S/C27H21F3N6O2S/c1-15-23(32-20(16-7-3-2-4-8-16)18-9-5-6-10-19(18)31-15)34-26-36-35-24(38-26)21-22(17-11-13-37-14-12-17)39-25(33-21)27(28,29)30/h2-11,23,31H,1,12-14H2,(H,34,36)/t23-/m1/s1. The Morgan fingerprint density at radius 1 is 1.05 bits per heavy atom. The molecule has 2 aromatic carbocycles. The molecule has 0 saturated carbocycles. The van der Waals surface area contributed by atoms with Crippen LogP contribution in [0.15, 0.2) is 82.4 Å². The summed E-state index contributed by atoms with van der Waals surface area (Å²) in [6.07, 6.45) is -3.13. The molecule has 4 heterocycles. The number of aliphatic imine (C=N–C) groups is 1. The van der Waals surface area contributed by atoms with Crippen molar-refractivity contribution >= 4 is 34.3 Å². The molecule has 198 valence electrons. The molecule has 0 saturated heterocycles. The fourth-order valence-electron chi connectivity index (χ4n) is 4.29. The van der Waals surface area contributed by atoms with Gasteiger partial charge >= 0.3 is 12.2 Å². The van der Waals surface area contributed by atoms with Gasteiger partial charge in [-0.15, -0.1) is 16.4 Å². The molecule has 0 amide bonds. The Hall–Kier alpha value is -4.29. The maximum Gasteiger partial charge on any atom is 0.443 e. The van der Waals surface area contributed by atoms with Gasteiger partial charge in [-0.05, 0) is 18.1 Å². The molecule has 39 heavy (non-hydrogen) atoms. The topological polar surface area (TPSA) is 97.5 Å². The Kier molecular flexibility index (Phi) is 6.49. The molecule has 4 aromatic rings. The normalized spacial score (nSPS) is 17.5. The largest absolute Gasteiger partial charge is 0.443 e. The van der Waals surface area contributed by atoms with Crippen molar-refractivity contribution in [3.63, 3.8) is 0 Å². The second-order valence-electron chi connectivity index (χ2n) is 8.75. The number of hydrogen-bond acceptors (Lipinski definition) is 9. The highest BCUT2D eigenvalue weighted by Crippen LogP contribution is 2.42. The van der Waals surface area contributed by atoms with Crippen molar-refractivity contribution in [1.82, 2.24) is 15.2 Å². The van der Waals surface area contributed by atoms with Crippen molar-refractivity contribution in [1.29, 1.82) is 0 Å². The van der Waals surface area contributed by atoms with E-state index < -0.39 is 17.3 Å². The second kappa shape index (κ2) is 10.1. The quantitative estimate of drug-likeness (QED) is 0.304. The zero-order chi connectivity index (χ0) is 27.0. The number of nitrogens with zero attached hydrogens (tertiary/aromatic N) is 4. The summed E-state index contributed by atoms with van der Waals surface area (Å²) in [7, 11) is 0. The van der Waals surface area contributed by atoms with Crippen LogP contribution in [0.25, 0.3) is 17.2 Å². The third kappa shape index (κ3) is 5.08. The average Bonchev–Trinajstić information content (AvgIpc) is 3.57. The lowest BCUT2D eigenvalue weighted by Crippen LogP contribution is -2.23. The maximum atomic E-state index is 13.5. The number of aromatic nitrogens is 3. The summed E-state index contributed by atoms with van der Waals surface area (Å²) >= 11 is 0.553. The first kappa shape index (κ1) is 25.0. The minimum Gasteiger partial charge on any atom is -0.402 e. The number of hydrogen-bond donors (Lipinski definition) is 2. The van der Waals surface area contributed by atoms with E-state index in [-0.39, 0.29) is 17.6 Å². The van der Waals surface area contributed by atoms with E-state index in [0.717, 1.165) is 22.5 Å². The number of rotatable bonds is 5. The van der Waals surface area contributed by atoms with Crippen LogP contribution in [0.1, 0.15) is 27.4 Å². The van der Waals surface area contributed by atoms with E-state index in [9.17, 15) is 13.2 Å². The van der Waals surface area contributed by atoms with Gasteiger partial charge in [0.25, 0.3) is 5.89 Å². The molecule has 0 bridgehead atoms. The molecule has 0 aliphatic carbocycles. The van der Waals surface area contributed by atoms with Crippen LogP contribution in [0.5, 0.6) is 0 Å². The fraction of sp³-hybridized carbons (Fsp3) is 0.185. The summed E-state index contributed by atoms with van der Waals surface area (Å²) < 4.78 is 51.7. The van der Waals surface area contributed by atoms with Crippen molar-refractivity contribution in [2.24, 2.45) is 4.99 Å². The molecule has 0 radical (unpaired) electrons. The number of ether oxygens (including phenoxy) is 1. The van der Waals surface area contributed by atoms with Gasteiger partial charge in [0.15, 0.2) is 11.2 Å². The Bertz CT molecular complexity index is 1590. The second-order valence-corrected chi connectivity index (χ2v) is 9.75. The third-order valence-corrected chi connectivity index (χ3v) is 7.30. The molecule has 6 rings (SSSR count). The minimum absolute atomic E-state index is 0.0141. The van der Waals surface area contributed by atoms with Crippen molar-refractivity contribution in [2.75, 3.05) is 23.8 Å². The summed E-state index contributed by atoms with van der Waals surface area (Å²) in [5.41, 5.74) is 4.55. The van der Waals surface area contributed by atoms with Crippen LogP contribution in [0.3, 0.4) is 0 Å². The van der Waals surface area contributed by atoms with E-state index in [1.807, 2.05) is 54.6 Å². The number of halogens is 3. The van der Waals surface area contributed by atoms with Crippen LogP contribution < -0.4 is 10.6 Å². The van der Waals surface area contributed by atoms with Crippen LogP contribution in [-0.2, 0) is 10.9 Å². The Labute approximate surface area is 225 Å². The minimum atomic E-state index is -4.61. The zero-order valence-corrected chi connectivity index (χ0v) is 21.1. The van der Waals surface area contributed by atoms with Gasteiger partial charge < -0.3 is 19.8 Å². The predicted molar refractivity (Wildman–Crippen MR) is 143 cm³/mol. The highest BCUT2D eigenvalue weighted by molar-refractivity contribution is 7.13. The first-order valence-corrected chi connectivity index (χ1v) is 12.8. The summed E-state index contributed by atoms with van der Waals surface area (Å²) in [4.78, 5) is 9.06. The van der Waals surface area contributed by atoms with Gasteiger partial charge in [0.1, 0.15) is 5.69 Å². The van der Waals surface area contributed by atoms with E-state index in [1.54, 1.807) is 6.08 Å². The molecule has 1 atom stereocenters. The Morgan fingerprint density at radius 3 is 2.62 bits per heavy atom. The Balaban J connectivity index is 1.35. The zero-order valence-electron chi connectivity index (χ0n) is 20.3. The first-order valence-electron chi connectivity index (χ1n) is 12.0. The summed E-state index contributed by atoms with van der Waals surface area (Å²) in [6.45, 7) is 4.84. The van der Waals surface area contributed by atoms with Gasteiger partial charge in [-0.2, -0.15) is 13.2 Å². The van der Waals surface area contributed by atoms with E-state index in [2.05, 4.69) is 32.4 Å². The number of para-hydroxylation sites is 1. The average molecular weight is 551 g/mol. The van der Waals surface area contributed by atoms with Crippen LogP contribution in [0.2, 0.25) is 0 Å². The molecule has 0 unspecified atom stereocenters. The van der Waals surface area contributed by atoms with Gasteiger partial charge in [0, 0.05) is 16.8 Å². The van der Waals surface area contributed by atoms with Gasteiger partial charge in [0.05, 0.1) is 29.5 Å². The molecular weight excluding hydrogens is 529 g/mol. The number of anilines is 2. The molecule has 2 aliphatic rings. The summed E-state index contributed by atoms with van der Waals surface area (Å²) in [6, 6.07) is 17.4. The number of alkyl halides is 3. The monoisotopic (exact) mass is 550 g/mol. The van der Waals surface area contributed by atoms with Gasteiger partial charge in [0.2, 0.25) is 0 Å². The highest BCUT2D eigenvalue weighted by atomic mass is 32.1. The summed E-state index contributed by atoms with van der Waals surface area (Å²) in [5.74, 6) is -0.130. The molecule has 8 nitrogen and oxygen atoms in total. The SMILES string of the molecule is C=C1Nc2ccccc2C(c2ccccc2)=N[C@@H]1Nc1nnc(-c2nc(C(F)(F)F)sc2C2=CCOCC2)o1. The number of fused-ring (bicyclic) bond motifs is 1. The number of thiazole rings is 1. The molecule has 2 aliphatic heterocycles. The first-order chi connectivity index (χ1) is 18.9. The summed E-state index contributed by atoms with van der Waals surface area (Å²) in [5, 5.41) is 13.4. The van der Waals surface area contributed by atoms with Gasteiger partial charge in [-0.3, -0.25) is 4.99 Å². The lowest BCUT2D eigenvalue weighted by atomic mass is 10.0. The van der Waals surface area contributed by atoms with E-state index in [0.29, 0.717) is 47.1 Å². The maximum absolute atomic E-state index is 13.5. The number of benzene rings is 2. The van der Waals surface area contributed by atoms with Crippen LogP contribution in [0.4, 0.5) is 24.9 Å². The van der Waals surface area contributed by atoms with Crippen LogP contribution in [-0.4, -0.2) is 40.3 Å². The molecule has 2 N–H and O–H groups in total. The van der Waals surface area contributed by atoms with E-state index >= 15 is 0 Å². The number of nitrogens with one attached hydrogen (secondary N) is 2. The van der Waals surface area contributed by atoms with Gasteiger partial charge in [-0.25, -0.2) is 4.98 Å². The van der Waals surface area contributed by atoms with Crippen molar-refractivity contribution in [2.45, 2.75) is 18.8 Å². The van der Waals surface area contributed by atoms with Crippen LogP contribution in [0, 0.1) is 0 Å².